The van der Waals surface area contributed by atoms with Gasteiger partial charge in [0.2, 0.25) is 5.91 Å². The van der Waals surface area contributed by atoms with Crippen molar-refractivity contribution in [1.82, 2.24) is 9.80 Å². The number of thiophene rings is 1. The summed E-state index contributed by atoms with van der Waals surface area (Å²) in [6.45, 7) is 11.8. The van der Waals surface area contributed by atoms with E-state index in [0.29, 0.717) is 43.2 Å². The van der Waals surface area contributed by atoms with E-state index in [1.807, 2.05) is 42.5 Å². The van der Waals surface area contributed by atoms with Crippen molar-refractivity contribution >= 4 is 40.1 Å². The second-order valence-electron chi connectivity index (χ2n) is 14.3. The molecule has 0 saturated heterocycles. The van der Waals surface area contributed by atoms with E-state index in [1.54, 1.807) is 60.7 Å². The molecule has 0 aliphatic carbocycles. The van der Waals surface area contributed by atoms with Crippen LogP contribution in [0.2, 0.25) is 0 Å². The summed E-state index contributed by atoms with van der Waals surface area (Å²) in [5.41, 5.74) is 1.89. The molecule has 0 bridgehead atoms. The van der Waals surface area contributed by atoms with Crippen LogP contribution in [0.4, 0.5) is 5.00 Å². The molecule has 0 spiro atoms. The normalized spacial score (nSPS) is 15.9. The molecule has 1 unspecified atom stereocenters. The van der Waals surface area contributed by atoms with Gasteiger partial charge in [-0.15, -0.1) is 11.3 Å². The maximum absolute atomic E-state index is 14.6. The van der Waals surface area contributed by atoms with E-state index in [4.69, 9.17) is 23.7 Å². The largest absolute Gasteiger partial charge is 0.497 e. The first-order valence-electron chi connectivity index (χ1n) is 16.4. The average Bonchev–Trinajstić information content (AvgIpc) is 3.63. The monoisotopic (exact) mass is 707 g/mol. The molecular formula is C37H45N3O9S. The number of esters is 2. The highest BCUT2D eigenvalue weighted by atomic mass is 32.1. The van der Waals surface area contributed by atoms with Crippen LogP contribution in [0.1, 0.15) is 79.0 Å². The Labute approximate surface area is 296 Å². The maximum atomic E-state index is 14.6. The van der Waals surface area contributed by atoms with Crippen LogP contribution in [0.25, 0.3) is 0 Å². The predicted molar refractivity (Wildman–Crippen MR) is 187 cm³/mol. The quantitative estimate of drug-likeness (QED) is 0.174. The fourth-order valence-corrected chi connectivity index (χ4v) is 7.21. The van der Waals surface area contributed by atoms with E-state index >= 15 is 0 Å². The fraction of sp³-hybridized carbons (Fsp3) is 0.459. The van der Waals surface area contributed by atoms with Gasteiger partial charge in [0.15, 0.2) is 6.79 Å². The maximum Gasteiger partial charge on any atom is 0.397 e. The highest BCUT2D eigenvalue weighted by molar-refractivity contribution is 7.17. The summed E-state index contributed by atoms with van der Waals surface area (Å²) in [6.07, 6.45) is 0.178. The minimum atomic E-state index is -1.07. The lowest BCUT2D eigenvalue weighted by Gasteiger charge is -2.37. The zero-order valence-electron chi connectivity index (χ0n) is 29.8. The Hall–Kier alpha value is -4.46. The summed E-state index contributed by atoms with van der Waals surface area (Å²) in [4.78, 5) is 58.7. The van der Waals surface area contributed by atoms with E-state index in [1.165, 1.54) is 11.3 Å². The number of rotatable bonds is 9. The highest BCUT2D eigenvalue weighted by Crippen LogP contribution is 2.41. The number of carbonyl (C=O) groups is 4. The van der Waals surface area contributed by atoms with Crippen molar-refractivity contribution in [3.8, 4) is 11.5 Å². The third-order valence-corrected chi connectivity index (χ3v) is 9.24. The molecule has 2 aromatic carbocycles. The number of methoxy groups -OCH3 is 2. The number of benzene rings is 2. The minimum absolute atomic E-state index is 0.0871. The third kappa shape index (κ3) is 8.63. The topological polar surface area (TPSA) is 133 Å². The second-order valence-corrected chi connectivity index (χ2v) is 15.4. The molecule has 2 aliphatic heterocycles. The molecule has 1 atom stereocenters. The number of hydrogen-bond acceptors (Lipinski definition) is 11. The van der Waals surface area contributed by atoms with Gasteiger partial charge in [-0.25, -0.2) is 9.59 Å². The number of fused-ring (bicyclic) bond motifs is 2. The van der Waals surface area contributed by atoms with Crippen molar-refractivity contribution in [2.75, 3.05) is 26.3 Å². The number of amides is 2. The van der Waals surface area contributed by atoms with E-state index in [-0.39, 0.29) is 29.7 Å². The SMILES string of the molecule is COCOc1cccc2c1CN(C(=O)C1Cc3c(sc(NC(=O)C(=O)OC(C)(C)C)c3C(=O)OC(C)(C)C)CN1Cc1ccc(OC)cc1)C2. The lowest BCUT2D eigenvalue weighted by Crippen LogP contribution is -2.50. The molecule has 3 heterocycles. The van der Waals surface area contributed by atoms with Crippen LogP contribution >= 0.6 is 11.3 Å². The lowest BCUT2D eigenvalue weighted by molar-refractivity contribution is -0.161. The summed E-state index contributed by atoms with van der Waals surface area (Å²) in [5, 5.41) is 2.79. The van der Waals surface area contributed by atoms with Gasteiger partial charge in [-0.1, -0.05) is 24.3 Å². The first kappa shape index (κ1) is 36.8. The van der Waals surface area contributed by atoms with Crippen molar-refractivity contribution in [2.24, 2.45) is 0 Å². The van der Waals surface area contributed by atoms with Crippen molar-refractivity contribution in [2.45, 2.75) is 91.4 Å². The van der Waals surface area contributed by atoms with Gasteiger partial charge in [-0.3, -0.25) is 14.5 Å². The Morgan fingerprint density at radius 1 is 0.880 bits per heavy atom. The van der Waals surface area contributed by atoms with Gasteiger partial charge < -0.3 is 33.9 Å². The summed E-state index contributed by atoms with van der Waals surface area (Å²) in [7, 11) is 3.16. The number of carbonyl (C=O) groups excluding carboxylic acids is 4. The van der Waals surface area contributed by atoms with Crippen molar-refractivity contribution in [3.63, 3.8) is 0 Å². The molecular weight excluding hydrogens is 662 g/mol. The minimum Gasteiger partial charge on any atom is -0.497 e. The van der Waals surface area contributed by atoms with E-state index in [9.17, 15) is 19.2 Å². The number of anilines is 1. The van der Waals surface area contributed by atoms with Crippen LogP contribution < -0.4 is 14.8 Å². The van der Waals surface area contributed by atoms with Gasteiger partial charge >= 0.3 is 17.8 Å². The highest BCUT2D eigenvalue weighted by Gasteiger charge is 2.41. The van der Waals surface area contributed by atoms with E-state index < -0.39 is 35.1 Å². The van der Waals surface area contributed by atoms with Crippen LogP contribution in [0.5, 0.6) is 11.5 Å². The molecule has 268 valence electrons. The summed E-state index contributed by atoms with van der Waals surface area (Å²) in [5.74, 6) is -1.47. The van der Waals surface area contributed by atoms with Crippen LogP contribution in [-0.4, -0.2) is 71.8 Å². The van der Waals surface area contributed by atoms with Crippen LogP contribution in [0.15, 0.2) is 42.5 Å². The van der Waals surface area contributed by atoms with Crippen molar-refractivity contribution < 1.29 is 42.9 Å². The molecule has 1 N–H and O–H groups in total. The molecule has 2 amide bonds. The second kappa shape index (κ2) is 14.8. The summed E-state index contributed by atoms with van der Waals surface area (Å²) < 4.78 is 27.3. The fourth-order valence-electron chi connectivity index (χ4n) is 5.97. The first-order chi connectivity index (χ1) is 23.6. The average molecular weight is 708 g/mol. The Balaban J connectivity index is 1.52. The van der Waals surface area contributed by atoms with E-state index in [2.05, 4.69) is 10.2 Å². The lowest BCUT2D eigenvalue weighted by atomic mass is 9.94. The molecule has 0 saturated carbocycles. The molecule has 13 heteroatoms. The molecule has 12 nitrogen and oxygen atoms in total. The summed E-state index contributed by atoms with van der Waals surface area (Å²) in [6, 6.07) is 12.7. The molecule has 2 aliphatic rings. The molecule has 3 aromatic rings. The smallest absolute Gasteiger partial charge is 0.397 e. The van der Waals surface area contributed by atoms with Gasteiger partial charge in [-0.2, -0.15) is 0 Å². The zero-order chi connectivity index (χ0) is 36.4. The Morgan fingerprint density at radius 2 is 1.58 bits per heavy atom. The molecule has 0 fully saturated rings. The van der Waals surface area contributed by atoms with Gasteiger partial charge in [0.25, 0.3) is 0 Å². The van der Waals surface area contributed by atoms with Gasteiger partial charge in [0.05, 0.1) is 25.3 Å². The Morgan fingerprint density at radius 3 is 2.22 bits per heavy atom. The van der Waals surface area contributed by atoms with Gasteiger partial charge in [0, 0.05) is 37.2 Å². The van der Waals surface area contributed by atoms with E-state index in [0.717, 1.165) is 21.6 Å². The molecule has 0 radical (unpaired) electrons. The van der Waals surface area contributed by atoms with Gasteiger partial charge in [0.1, 0.15) is 27.7 Å². The number of ether oxygens (including phenoxy) is 5. The third-order valence-electron chi connectivity index (χ3n) is 8.10. The number of nitrogens with zero attached hydrogens (tertiary/aromatic N) is 2. The van der Waals surface area contributed by atoms with Gasteiger partial charge in [-0.05, 0) is 82.9 Å². The molecule has 5 rings (SSSR count). The number of nitrogens with one attached hydrogen (secondary N) is 1. The Kier molecular flexibility index (Phi) is 10.9. The standard InChI is InChI=1S/C37H45N3O9S/c1-36(2,3)48-34(43)30-25-16-27(33(42)40-18-23-10-9-11-28(26(23)19-40)47-21-45-7)39(17-22-12-14-24(46-8)15-13-22)20-29(25)50-32(30)38-31(41)35(44)49-37(4,5)6/h9-15,27H,16-21H2,1-8H3,(H,38,41). The van der Waals surface area contributed by atoms with Crippen LogP contribution in [0.3, 0.4) is 0 Å². The van der Waals surface area contributed by atoms with Crippen LogP contribution in [-0.2, 0) is 61.2 Å². The predicted octanol–water partition coefficient (Wildman–Crippen LogP) is 5.44. The molecule has 1 aromatic heterocycles. The zero-order valence-corrected chi connectivity index (χ0v) is 30.7. The van der Waals surface area contributed by atoms with Crippen molar-refractivity contribution in [3.05, 3.63) is 75.2 Å². The summed E-state index contributed by atoms with van der Waals surface area (Å²) >= 11 is 1.19. The Bertz CT molecular complexity index is 1750. The van der Waals surface area contributed by atoms with Crippen molar-refractivity contribution in [1.29, 1.82) is 0 Å². The number of hydrogen-bond donors (Lipinski definition) is 1. The molecule has 50 heavy (non-hydrogen) atoms. The van der Waals surface area contributed by atoms with Crippen LogP contribution in [0, 0.1) is 0 Å². The first-order valence-corrected chi connectivity index (χ1v) is 17.2.